The molecule has 23 heavy (non-hydrogen) atoms. The summed E-state index contributed by atoms with van der Waals surface area (Å²) in [6.07, 6.45) is 18.1. The second-order valence-corrected chi connectivity index (χ2v) is 8.03. The molecule has 0 radical (unpaired) electrons. The van der Waals surface area contributed by atoms with Gasteiger partial charge < -0.3 is 9.84 Å². The second kappa shape index (κ2) is 7.72. The Kier molecular flexibility index (Phi) is 5.66. The number of ether oxygens (including phenoxy) is 1. The van der Waals surface area contributed by atoms with Crippen molar-refractivity contribution < 1.29 is 14.6 Å². The minimum Gasteiger partial charge on any atom is -0.512 e. The molecule has 0 aromatic rings. The summed E-state index contributed by atoms with van der Waals surface area (Å²) in [5, 5.41) is 10.1. The number of carbonyl (C=O) groups excluding carboxylic acids is 1. The molecular weight excluding hydrogens is 288 g/mol. The monoisotopic (exact) mass is 320 g/mol. The second-order valence-electron chi connectivity index (χ2n) is 8.03. The van der Waals surface area contributed by atoms with E-state index in [1.54, 1.807) is 0 Å². The number of aliphatic hydroxyl groups excluding tert-OH is 1. The van der Waals surface area contributed by atoms with Gasteiger partial charge in [-0.05, 0) is 37.5 Å². The summed E-state index contributed by atoms with van der Waals surface area (Å²) in [6.45, 7) is 0. The molecule has 1 N–H and O–H groups in total. The summed E-state index contributed by atoms with van der Waals surface area (Å²) in [4.78, 5) is 11.9. The van der Waals surface area contributed by atoms with Crippen molar-refractivity contribution in [2.45, 2.75) is 95.5 Å². The van der Waals surface area contributed by atoms with Gasteiger partial charge in [-0.15, -0.1) is 0 Å². The van der Waals surface area contributed by atoms with Crippen LogP contribution in [-0.2, 0) is 9.53 Å². The number of hydrogen-bond donors (Lipinski definition) is 1. The molecule has 0 spiro atoms. The van der Waals surface area contributed by atoms with Crippen molar-refractivity contribution in [3.63, 3.8) is 0 Å². The van der Waals surface area contributed by atoms with Gasteiger partial charge in [0.25, 0.3) is 0 Å². The molecule has 0 aromatic carbocycles. The number of cyclic esters (lactones) is 1. The maximum atomic E-state index is 11.9. The molecule has 0 saturated heterocycles. The maximum Gasteiger partial charge on any atom is 0.334 e. The molecule has 1 heterocycles. The van der Waals surface area contributed by atoms with E-state index in [9.17, 15) is 9.90 Å². The van der Waals surface area contributed by atoms with Crippen LogP contribution in [0.5, 0.6) is 0 Å². The quantitative estimate of drug-likeness (QED) is 0.686. The predicted octanol–water partition coefficient (Wildman–Crippen LogP) is 5.44. The summed E-state index contributed by atoms with van der Waals surface area (Å²) < 4.78 is 5.90. The molecular formula is C20H32O3. The Bertz CT molecular complexity index is 430. The van der Waals surface area contributed by atoms with E-state index in [0.717, 1.165) is 31.6 Å². The highest BCUT2D eigenvalue weighted by molar-refractivity contribution is 5.83. The molecule has 1 aliphatic heterocycles. The van der Waals surface area contributed by atoms with E-state index in [1.165, 1.54) is 63.9 Å². The van der Waals surface area contributed by atoms with E-state index in [4.69, 9.17) is 4.74 Å². The van der Waals surface area contributed by atoms with Crippen LogP contribution in [0.25, 0.3) is 0 Å². The highest BCUT2D eigenvalue weighted by Gasteiger charge is 2.45. The number of hydrogen-bond acceptors (Lipinski definition) is 3. The van der Waals surface area contributed by atoms with Crippen molar-refractivity contribution in [2.24, 2.45) is 11.8 Å². The molecule has 130 valence electrons. The topological polar surface area (TPSA) is 46.5 Å². The Morgan fingerprint density at radius 1 is 1.04 bits per heavy atom. The Morgan fingerprint density at radius 2 is 1.70 bits per heavy atom. The molecule has 1 atom stereocenters. The van der Waals surface area contributed by atoms with Gasteiger partial charge in [-0.3, -0.25) is 0 Å². The van der Waals surface area contributed by atoms with Crippen LogP contribution in [-0.4, -0.2) is 16.7 Å². The summed E-state index contributed by atoms with van der Waals surface area (Å²) in [6, 6.07) is 0. The SMILES string of the molecule is O=C1C=C(O)CC(CCCC2CCCCC2)(C2CCCCC2)O1. The molecule has 3 nitrogen and oxygen atoms in total. The highest BCUT2D eigenvalue weighted by atomic mass is 16.6. The molecule has 2 fully saturated rings. The zero-order valence-corrected chi connectivity index (χ0v) is 14.4. The zero-order valence-electron chi connectivity index (χ0n) is 14.4. The first-order valence-corrected chi connectivity index (χ1v) is 9.80. The fourth-order valence-corrected chi connectivity index (χ4v) is 5.13. The lowest BCUT2D eigenvalue weighted by atomic mass is 9.71. The lowest BCUT2D eigenvalue weighted by Gasteiger charge is -2.43. The summed E-state index contributed by atoms with van der Waals surface area (Å²) in [7, 11) is 0. The Labute approximate surface area is 140 Å². The first-order chi connectivity index (χ1) is 11.2. The van der Waals surface area contributed by atoms with Crippen LogP contribution >= 0.6 is 0 Å². The number of esters is 1. The minimum absolute atomic E-state index is 0.226. The molecule has 3 rings (SSSR count). The number of aliphatic hydroxyl groups is 1. The van der Waals surface area contributed by atoms with Crippen molar-refractivity contribution in [1.82, 2.24) is 0 Å². The Hall–Kier alpha value is -0.990. The van der Waals surface area contributed by atoms with Gasteiger partial charge in [-0.1, -0.05) is 57.8 Å². The van der Waals surface area contributed by atoms with Gasteiger partial charge in [-0.2, -0.15) is 0 Å². The highest BCUT2D eigenvalue weighted by Crippen LogP contribution is 2.44. The van der Waals surface area contributed by atoms with Gasteiger partial charge in [0.1, 0.15) is 11.4 Å². The molecule has 0 amide bonds. The van der Waals surface area contributed by atoms with Crippen molar-refractivity contribution >= 4 is 5.97 Å². The standard InChI is InChI=1S/C20H32O3/c21-18-14-19(22)23-20(15-18,17-11-5-2-6-12-17)13-7-10-16-8-3-1-4-9-16/h14,16-17,21H,1-13,15H2. The lowest BCUT2D eigenvalue weighted by molar-refractivity contribution is -0.168. The van der Waals surface area contributed by atoms with Gasteiger partial charge in [0.15, 0.2) is 0 Å². The van der Waals surface area contributed by atoms with Crippen molar-refractivity contribution in [3.05, 3.63) is 11.8 Å². The van der Waals surface area contributed by atoms with Crippen LogP contribution in [0.15, 0.2) is 11.8 Å². The molecule has 1 unspecified atom stereocenters. The smallest absolute Gasteiger partial charge is 0.334 e. The van der Waals surface area contributed by atoms with Crippen molar-refractivity contribution in [3.8, 4) is 0 Å². The third-order valence-electron chi connectivity index (χ3n) is 6.35. The molecule has 0 aromatic heterocycles. The van der Waals surface area contributed by atoms with E-state index < -0.39 is 5.60 Å². The lowest BCUT2D eigenvalue weighted by Crippen LogP contribution is -2.46. The minimum atomic E-state index is -0.426. The molecule has 0 bridgehead atoms. The Morgan fingerprint density at radius 3 is 2.35 bits per heavy atom. The third kappa shape index (κ3) is 4.30. The first-order valence-electron chi connectivity index (χ1n) is 9.80. The number of rotatable bonds is 5. The fraction of sp³-hybridized carbons (Fsp3) is 0.850. The molecule has 2 aliphatic carbocycles. The van der Waals surface area contributed by atoms with Gasteiger partial charge in [0.2, 0.25) is 0 Å². The van der Waals surface area contributed by atoms with Crippen molar-refractivity contribution in [2.75, 3.05) is 0 Å². The van der Waals surface area contributed by atoms with Crippen LogP contribution in [0.2, 0.25) is 0 Å². The first kappa shape index (κ1) is 16.9. The molecule has 3 aliphatic rings. The van der Waals surface area contributed by atoms with Crippen LogP contribution in [0.4, 0.5) is 0 Å². The summed E-state index contributed by atoms with van der Waals surface area (Å²) in [5.41, 5.74) is -0.426. The van der Waals surface area contributed by atoms with Gasteiger partial charge in [0, 0.05) is 6.42 Å². The van der Waals surface area contributed by atoms with E-state index in [0.29, 0.717) is 12.3 Å². The van der Waals surface area contributed by atoms with Crippen LogP contribution in [0, 0.1) is 11.8 Å². The van der Waals surface area contributed by atoms with Crippen molar-refractivity contribution in [1.29, 1.82) is 0 Å². The van der Waals surface area contributed by atoms with E-state index in [1.807, 2.05) is 0 Å². The van der Waals surface area contributed by atoms with Crippen LogP contribution < -0.4 is 0 Å². The normalized spacial score (nSPS) is 30.8. The molecule has 3 heteroatoms. The predicted molar refractivity (Wildman–Crippen MR) is 91.2 cm³/mol. The summed E-state index contributed by atoms with van der Waals surface area (Å²) in [5.74, 6) is 1.19. The van der Waals surface area contributed by atoms with E-state index in [-0.39, 0.29) is 11.7 Å². The number of carbonyl (C=O) groups is 1. The average molecular weight is 320 g/mol. The van der Waals surface area contributed by atoms with E-state index in [2.05, 4.69) is 0 Å². The van der Waals surface area contributed by atoms with Crippen LogP contribution in [0.1, 0.15) is 89.9 Å². The average Bonchev–Trinajstić information content (AvgIpc) is 2.56. The largest absolute Gasteiger partial charge is 0.512 e. The summed E-state index contributed by atoms with van der Waals surface area (Å²) >= 11 is 0. The third-order valence-corrected chi connectivity index (χ3v) is 6.35. The zero-order chi connectivity index (χ0) is 16.1. The fourth-order valence-electron chi connectivity index (χ4n) is 5.13. The van der Waals surface area contributed by atoms with Gasteiger partial charge >= 0.3 is 5.97 Å². The maximum absolute atomic E-state index is 11.9. The van der Waals surface area contributed by atoms with E-state index >= 15 is 0 Å². The van der Waals surface area contributed by atoms with Crippen LogP contribution in [0.3, 0.4) is 0 Å². The van der Waals surface area contributed by atoms with Gasteiger partial charge in [-0.25, -0.2) is 4.79 Å². The van der Waals surface area contributed by atoms with Gasteiger partial charge in [0.05, 0.1) is 6.08 Å². The molecule has 2 saturated carbocycles. The Balaban J connectivity index is 1.62.